The molecule has 1 aromatic carbocycles. The quantitative estimate of drug-likeness (QED) is 0.660. The topological polar surface area (TPSA) is 93.2 Å². The highest BCUT2D eigenvalue weighted by Crippen LogP contribution is 2.27. The number of pyridine rings is 1. The van der Waals surface area contributed by atoms with Crippen LogP contribution in [-0.4, -0.2) is 58.1 Å². The molecule has 3 aromatic rings. The Morgan fingerprint density at radius 2 is 1.97 bits per heavy atom. The van der Waals surface area contributed by atoms with E-state index in [-0.39, 0.29) is 11.8 Å². The summed E-state index contributed by atoms with van der Waals surface area (Å²) < 4.78 is 15.9. The Kier molecular flexibility index (Phi) is 5.73. The molecule has 3 N–H and O–H groups in total. The number of piperidine rings is 1. The van der Waals surface area contributed by atoms with Crippen LogP contribution < -0.4 is 11.1 Å². The van der Waals surface area contributed by atoms with Gasteiger partial charge in [0, 0.05) is 55.2 Å². The molecule has 31 heavy (non-hydrogen) atoms. The summed E-state index contributed by atoms with van der Waals surface area (Å²) in [5, 5.41) is 3.58. The molecule has 1 aliphatic heterocycles. The van der Waals surface area contributed by atoms with Crippen LogP contribution in [-0.2, 0) is 0 Å². The zero-order valence-electron chi connectivity index (χ0n) is 17.5. The summed E-state index contributed by atoms with van der Waals surface area (Å²) in [5.74, 6) is -0.313. The number of nitrogens with one attached hydrogen (secondary N) is 1. The van der Waals surface area contributed by atoms with Gasteiger partial charge in [0.2, 0.25) is 0 Å². The smallest absolute Gasteiger partial charge is 0.255 e. The number of alkyl halides is 1. The number of nitrogens with two attached hydrogens (primary N) is 1. The van der Waals surface area contributed by atoms with Crippen molar-refractivity contribution < 1.29 is 14.0 Å². The number of fused-ring (bicyclic) bond motifs is 1. The van der Waals surface area contributed by atoms with E-state index in [1.807, 2.05) is 35.0 Å². The number of hydrogen-bond acceptors (Lipinski definition) is 4. The zero-order chi connectivity index (χ0) is 22.0. The Hall–Kier alpha value is -3.26. The van der Waals surface area contributed by atoms with Crippen LogP contribution in [0, 0.1) is 0 Å². The fourth-order valence-electron chi connectivity index (χ4n) is 3.79. The molecule has 2 aromatic heterocycles. The molecule has 0 atom stereocenters. The lowest BCUT2D eigenvalue weighted by Crippen LogP contribution is -2.43. The summed E-state index contributed by atoms with van der Waals surface area (Å²) in [7, 11) is 0. The third-order valence-electron chi connectivity index (χ3n) is 5.68. The minimum Gasteiger partial charge on any atom is -0.351 e. The van der Waals surface area contributed by atoms with Crippen molar-refractivity contribution in [2.75, 3.05) is 26.2 Å². The first-order chi connectivity index (χ1) is 14.9. The molecule has 1 fully saturated rings. The Balaban J connectivity index is 1.57. The Morgan fingerprint density at radius 1 is 1.19 bits per heavy atom. The highest BCUT2D eigenvalue weighted by atomic mass is 19.1. The molecule has 0 aliphatic carbocycles. The second kappa shape index (κ2) is 8.47. The van der Waals surface area contributed by atoms with E-state index in [1.165, 1.54) is 0 Å². The number of carbonyl (C=O) groups is 2. The molecule has 0 spiro atoms. The first kappa shape index (κ1) is 21.0. The maximum Gasteiger partial charge on any atom is 0.255 e. The largest absolute Gasteiger partial charge is 0.351 e. The van der Waals surface area contributed by atoms with Crippen LogP contribution in [0.4, 0.5) is 4.39 Å². The van der Waals surface area contributed by atoms with Crippen molar-refractivity contribution in [3.8, 4) is 5.69 Å². The fraction of sp³-hybridized carbons (Fsp3) is 0.348. The molecular formula is C23H26FN5O2. The fourth-order valence-corrected chi connectivity index (χ4v) is 3.79. The summed E-state index contributed by atoms with van der Waals surface area (Å²) in [4.78, 5) is 31.3. The summed E-state index contributed by atoms with van der Waals surface area (Å²) in [6.45, 7) is 3.19. The van der Waals surface area contributed by atoms with Crippen molar-refractivity contribution in [1.29, 1.82) is 0 Å². The van der Waals surface area contributed by atoms with E-state index < -0.39 is 5.67 Å². The Labute approximate surface area is 180 Å². The molecule has 0 saturated carbocycles. The summed E-state index contributed by atoms with van der Waals surface area (Å²) >= 11 is 0. The molecule has 8 heteroatoms. The number of halogens is 1. The van der Waals surface area contributed by atoms with Crippen molar-refractivity contribution >= 4 is 22.8 Å². The van der Waals surface area contributed by atoms with Gasteiger partial charge in [0.25, 0.3) is 11.8 Å². The maximum absolute atomic E-state index is 14.0. The maximum atomic E-state index is 14.0. The van der Waals surface area contributed by atoms with Gasteiger partial charge in [0.1, 0.15) is 11.3 Å². The predicted molar refractivity (Wildman–Crippen MR) is 117 cm³/mol. The highest BCUT2D eigenvalue weighted by molar-refractivity contribution is 5.97. The van der Waals surface area contributed by atoms with E-state index in [2.05, 4.69) is 10.3 Å². The second-order valence-corrected chi connectivity index (χ2v) is 8.12. The van der Waals surface area contributed by atoms with Crippen molar-refractivity contribution in [3.05, 3.63) is 59.9 Å². The van der Waals surface area contributed by atoms with Crippen LogP contribution in [0.5, 0.6) is 0 Å². The van der Waals surface area contributed by atoms with E-state index in [9.17, 15) is 14.0 Å². The average Bonchev–Trinajstić information content (AvgIpc) is 3.20. The number of hydrogen-bond donors (Lipinski definition) is 2. The summed E-state index contributed by atoms with van der Waals surface area (Å²) in [5.41, 5.74) is 6.74. The summed E-state index contributed by atoms with van der Waals surface area (Å²) in [6, 6.07) is 10.9. The van der Waals surface area contributed by atoms with Gasteiger partial charge in [-0.25, -0.2) is 9.37 Å². The number of rotatable bonds is 5. The molecule has 4 rings (SSSR count). The van der Waals surface area contributed by atoms with E-state index in [0.29, 0.717) is 55.8 Å². The molecule has 2 amide bonds. The molecule has 0 bridgehead atoms. The first-order valence-corrected chi connectivity index (χ1v) is 10.4. The highest BCUT2D eigenvalue weighted by Gasteiger charge is 2.32. The van der Waals surface area contributed by atoms with Gasteiger partial charge in [0.15, 0.2) is 0 Å². The molecule has 0 radical (unpaired) electrons. The number of carbonyl (C=O) groups excluding carboxylic acids is 2. The molecular weight excluding hydrogens is 397 g/mol. The van der Waals surface area contributed by atoms with Crippen LogP contribution in [0.25, 0.3) is 16.7 Å². The van der Waals surface area contributed by atoms with Crippen LogP contribution in [0.15, 0.2) is 48.8 Å². The lowest BCUT2D eigenvalue weighted by Gasteiger charge is -2.34. The van der Waals surface area contributed by atoms with Gasteiger partial charge in [0.05, 0.1) is 5.56 Å². The number of benzene rings is 1. The normalized spacial score (nSPS) is 15.8. The van der Waals surface area contributed by atoms with Gasteiger partial charge in [-0.2, -0.15) is 0 Å². The third kappa shape index (κ3) is 4.44. The van der Waals surface area contributed by atoms with Gasteiger partial charge >= 0.3 is 0 Å². The van der Waals surface area contributed by atoms with Gasteiger partial charge in [-0.1, -0.05) is 6.07 Å². The molecule has 1 aliphatic rings. The summed E-state index contributed by atoms with van der Waals surface area (Å²) in [6.07, 6.45) is 4.11. The van der Waals surface area contributed by atoms with Crippen molar-refractivity contribution in [3.63, 3.8) is 0 Å². The monoisotopic (exact) mass is 423 g/mol. The van der Waals surface area contributed by atoms with Gasteiger partial charge in [-0.05, 0) is 50.1 Å². The van der Waals surface area contributed by atoms with Crippen LogP contribution >= 0.6 is 0 Å². The second-order valence-electron chi connectivity index (χ2n) is 8.12. The molecule has 0 unspecified atom stereocenters. The van der Waals surface area contributed by atoms with E-state index in [4.69, 9.17) is 5.73 Å². The van der Waals surface area contributed by atoms with Gasteiger partial charge in [-0.3, -0.25) is 9.59 Å². The average molecular weight is 423 g/mol. The van der Waals surface area contributed by atoms with E-state index >= 15 is 0 Å². The number of likely N-dealkylation sites (tertiary alicyclic amines) is 1. The number of aromatic nitrogens is 2. The molecule has 7 nitrogen and oxygen atoms in total. The van der Waals surface area contributed by atoms with Crippen LogP contribution in [0.2, 0.25) is 0 Å². The van der Waals surface area contributed by atoms with Gasteiger partial charge in [-0.15, -0.1) is 0 Å². The van der Waals surface area contributed by atoms with E-state index in [0.717, 1.165) is 11.1 Å². The zero-order valence-corrected chi connectivity index (χ0v) is 17.5. The molecule has 1 saturated heterocycles. The lowest BCUT2D eigenvalue weighted by molar-refractivity contribution is 0.0503. The van der Waals surface area contributed by atoms with Gasteiger partial charge < -0.3 is 20.5 Å². The number of nitrogens with zero attached hydrogens (tertiary/aromatic N) is 3. The SMILES string of the molecule is CC1(F)CCN(C(=O)c2cnc3c(ccn3-c3cccc(C(=O)NCCN)c3)c2)CC1. The van der Waals surface area contributed by atoms with Crippen molar-refractivity contribution in [2.24, 2.45) is 5.73 Å². The molecule has 3 heterocycles. The van der Waals surface area contributed by atoms with Crippen LogP contribution in [0.3, 0.4) is 0 Å². The Morgan fingerprint density at radius 3 is 2.71 bits per heavy atom. The van der Waals surface area contributed by atoms with E-state index in [1.54, 1.807) is 30.2 Å². The minimum absolute atomic E-state index is 0.128. The van der Waals surface area contributed by atoms with Crippen molar-refractivity contribution in [1.82, 2.24) is 19.8 Å². The Bertz CT molecular complexity index is 1110. The lowest BCUT2D eigenvalue weighted by atomic mass is 9.95. The standard InChI is InChI=1S/C23H26FN5O2/c1-23(24)6-11-28(12-7-23)22(31)18-13-16-5-10-29(20(16)27-15-18)19-4-2-3-17(14-19)21(30)26-9-8-25/h2-5,10,13-15H,6-9,11-12,25H2,1H3,(H,26,30). The predicted octanol–water partition coefficient (Wildman–Crippen LogP) is 2.68. The number of amides is 2. The molecule has 162 valence electrons. The third-order valence-corrected chi connectivity index (χ3v) is 5.68. The van der Waals surface area contributed by atoms with Crippen molar-refractivity contribution in [2.45, 2.75) is 25.4 Å². The minimum atomic E-state index is -1.20. The van der Waals surface area contributed by atoms with Crippen LogP contribution in [0.1, 0.15) is 40.5 Å². The first-order valence-electron chi connectivity index (χ1n) is 10.4.